The average Bonchev–Trinajstić information content (AvgIpc) is 2.57. The number of halogens is 1. The van der Waals surface area contributed by atoms with Crippen LogP contribution in [0.5, 0.6) is 5.75 Å². The summed E-state index contributed by atoms with van der Waals surface area (Å²) in [5.74, 6) is -2.21. The lowest BCUT2D eigenvalue weighted by atomic mass is 9.98. The van der Waals surface area contributed by atoms with Crippen molar-refractivity contribution in [2.45, 2.75) is 26.8 Å². The summed E-state index contributed by atoms with van der Waals surface area (Å²) in [5.41, 5.74) is 3.29. The highest BCUT2D eigenvalue weighted by atomic mass is 19.1. The number of carbonyl (C=O) groups excluding carboxylic acids is 2. The Morgan fingerprint density at radius 1 is 1.12 bits per heavy atom. The van der Waals surface area contributed by atoms with Gasteiger partial charge in [0.1, 0.15) is 0 Å². The Labute approximate surface area is 146 Å². The van der Waals surface area contributed by atoms with Gasteiger partial charge in [0, 0.05) is 11.8 Å². The first-order valence-electron chi connectivity index (χ1n) is 7.85. The monoisotopic (exact) mass is 344 g/mol. The molecule has 132 valence electrons. The van der Waals surface area contributed by atoms with E-state index in [9.17, 15) is 14.0 Å². The molecular weight excluding hydrogens is 323 g/mol. The Kier molecular flexibility index (Phi) is 5.75. The molecule has 0 bridgehead atoms. The number of nitrogens with one attached hydrogen (secondary N) is 2. The van der Waals surface area contributed by atoms with E-state index in [0.717, 1.165) is 22.8 Å². The number of methoxy groups -OCH3 is 1. The molecule has 2 amide bonds. The number of hydrogen-bond acceptors (Lipinski definition) is 3. The van der Waals surface area contributed by atoms with E-state index in [-0.39, 0.29) is 17.5 Å². The van der Waals surface area contributed by atoms with Crippen LogP contribution in [0.15, 0.2) is 36.4 Å². The Morgan fingerprint density at radius 3 is 2.48 bits per heavy atom. The standard InChI is InChI=1S/C19H21FN2O3/c1-11-6-5-7-15(12(11)2)13(3)21-18(23)19(24)22-14-8-9-17(25-4)16(20)10-14/h5-10,13H,1-4H3,(H,21,23)(H,22,24). The zero-order valence-corrected chi connectivity index (χ0v) is 14.6. The fourth-order valence-corrected chi connectivity index (χ4v) is 2.51. The molecule has 1 unspecified atom stereocenters. The molecule has 0 aliphatic heterocycles. The Morgan fingerprint density at radius 2 is 1.84 bits per heavy atom. The molecule has 0 aromatic heterocycles. The number of benzene rings is 2. The summed E-state index contributed by atoms with van der Waals surface area (Å²) >= 11 is 0. The molecule has 0 radical (unpaired) electrons. The van der Waals surface area contributed by atoms with Gasteiger partial charge in [-0.2, -0.15) is 0 Å². The molecule has 0 spiro atoms. The third kappa shape index (κ3) is 4.35. The van der Waals surface area contributed by atoms with E-state index in [1.807, 2.05) is 32.0 Å². The Hall–Kier alpha value is -2.89. The first-order chi connectivity index (χ1) is 11.8. The lowest BCUT2D eigenvalue weighted by Crippen LogP contribution is -2.37. The first-order valence-corrected chi connectivity index (χ1v) is 7.85. The van der Waals surface area contributed by atoms with Crippen molar-refractivity contribution in [3.63, 3.8) is 0 Å². The molecule has 1 atom stereocenters. The highest BCUT2D eigenvalue weighted by Crippen LogP contribution is 2.21. The summed E-state index contributed by atoms with van der Waals surface area (Å²) in [6.45, 7) is 5.76. The molecule has 0 aliphatic rings. The molecule has 0 saturated heterocycles. The van der Waals surface area contributed by atoms with Crippen LogP contribution in [0.1, 0.15) is 29.7 Å². The predicted molar refractivity (Wildman–Crippen MR) is 94.1 cm³/mol. The predicted octanol–water partition coefficient (Wildman–Crippen LogP) is 3.27. The van der Waals surface area contributed by atoms with Crippen LogP contribution in [0.25, 0.3) is 0 Å². The molecular formula is C19H21FN2O3. The van der Waals surface area contributed by atoms with E-state index >= 15 is 0 Å². The Bertz CT molecular complexity index is 805. The van der Waals surface area contributed by atoms with Crippen molar-refractivity contribution in [2.75, 3.05) is 12.4 Å². The summed E-state index contributed by atoms with van der Waals surface area (Å²) in [5, 5.41) is 5.02. The van der Waals surface area contributed by atoms with Crippen molar-refractivity contribution in [3.8, 4) is 5.75 Å². The van der Waals surface area contributed by atoms with E-state index in [1.54, 1.807) is 6.92 Å². The number of aryl methyl sites for hydroxylation is 1. The van der Waals surface area contributed by atoms with Crippen LogP contribution in [0.3, 0.4) is 0 Å². The second kappa shape index (κ2) is 7.79. The van der Waals surface area contributed by atoms with Crippen LogP contribution in [0.4, 0.5) is 10.1 Å². The Balaban J connectivity index is 2.04. The summed E-state index contributed by atoms with van der Waals surface area (Å²) in [6, 6.07) is 9.40. The van der Waals surface area contributed by atoms with Gasteiger partial charge in [0.25, 0.3) is 0 Å². The lowest BCUT2D eigenvalue weighted by Gasteiger charge is -2.17. The molecule has 2 aromatic carbocycles. The van der Waals surface area contributed by atoms with Crippen molar-refractivity contribution < 1.29 is 18.7 Å². The van der Waals surface area contributed by atoms with Gasteiger partial charge >= 0.3 is 11.8 Å². The highest BCUT2D eigenvalue weighted by molar-refractivity contribution is 6.39. The van der Waals surface area contributed by atoms with Gasteiger partial charge < -0.3 is 15.4 Å². The number of hydrogen-bond donors (Lipinski definition) is 2. The van der Waals surface area contributed by atoms with E-state index in [2.05, 4.69) is 10.6 Å². The second-order valence-electron chi connectivity index (χ2n) is 5.79. The molecule has 0 saturated carbocycles. The van der Waals surface area contributed by atoms with Crippen LogP contribution < -0.4 is 15.4 Å². The normalized spacial score (nSPS) is 11.6. The number of amides is 2. The van der Waals surface area contributed by atoms with Crippen molar-refractivity contribution in [3.05, 3.63) is 58.9 Å². The van der Waals surface area contributed by atoms with Gasteiger partial charge in [-0.15, -0.1) is 0 Å². The summed E-state index contributed by atoms with van der Waals surface area (Å²) in [4.78, 5) is 24.1. The summed E-state index contributed by atoms with van der Waals surface area (Å²) < 4.78 is 18.4. The molecule has 25 heavy (non-hydrogen) atoms. The molecule has 6 heteroatoms. The van der Waals surface area contributed by atoms with Gasteiger partial charge in [-0.25, -0.2) is 4.39 Å². The molecule has 0 fully saturated rings. The van der Waals surface area contributed by atoms with Crippen LogP contribution in [-0.4, -0.2) is 18.9 Å². The fourth-order valence-electron chi connectivity index (χ4n) is 2.51. The van der Waals surface area contributed by atoms with Crippen molar-refractivity contribution >= 4 is 17.5 Å². The van der Waals surface area contributed by atoms with E-state index in [0.29, 0.717) is 0 Å². The minimum Gasteiger partial charge on any atom is -0.494 e. The maximum Gasteiger partial charge on any atom is 0.313 e. The van der Waals surface area contributed by atoms with Crippen molar-refractivity contribution in [1.29, 1.82) is 0 Å². The van der Waals surface area contributed by atoms with Crippen LogP contribution in [-0.2, 0) is 9.59 Å². The third-order valence-corrected chi connectivity index (χ3v) is 4.08. The summed E-state index contributed by atoms with van der Waals surface area (Å²) in [6.07, 6.45) is 0. The molecule has 5 nitrogen and oxygen atoms in total. The second-order valence-corrected chi connectivity index (χ2v) is 5.79. The van der Waals surface area contributed by atoms with E-state index in [1.165, 1.54) is 19.2 Å². The molecule has 0 heterocycles. The minimum atomic E-state index is -0.860. The van der Waals surface area contributed by atoms with Crippen LogP contribution in [0.2, 0.25) is 0 Å². The maximum absolute atomic E-state index is 13.6. The molecule has 2 aromatic rings. The zero-order chi connectivity index (χ0) is 18.6. The number of anilines is 1. The van der Waals surface area contributed by atoms with Gasteiger partial charge in [0.05, 0.1) is 13.2 Å². The van der Waals surface area contributed by atoms with Gasteiger partial charge in [0.15, 0.2) is 11.6 Å². The fraction of sp³-hybridized carbons (Fsp3) is 0.263. The van der Waals surface area contributed by atoms with Crippen molar-refractivity contribution in [2.24, 2.45) is 0 Å². The molecule has 0 aliphatic carbocycles. The lowest BCUT2D eigenvalue weighted by molar-refractivity contribution is -0.136. The topological polar surface area (TPSA) is 67.4 Å². The van der Waals surface area contributed by atoms with Gasteiger partial charge in [-0.3, -0.25) is 9.59 Å². The largest absolute Gasteiger partial charge is 0.494 e. The van der Waals surface area contributed by atoms with E-state index in [4.69, 9.17) is 4.74 Å². The maximum atomic E-state index is 13.6. The minimum absolute atomic E-state index is 0.0611. The van der Waals surface area contributed by atoms with Gasteiger partial charge in [0.2, 0.25) is 0 Å². The molecule has 2 rings (SSSR count). The van der Waals surface area contributed by atoms with Crippen molar-refractivity contribution in [1.82, 2.24) is 5.32 Å². The van der Waals surface area contributed by atoms with Crippen LogP contribution in [0, 0.1) is 19.7 Å². The quantitative estimate of drug-likeness (QED) is 0.837. The number of rotatable bonds is 4. The van der Waals surface area contributed by atoms with Gasteiger partial charge in [-0.1, -0.05) is 18.2 Å². The smallest absolute Gasteiger partial charge is 0.313 e. The highest BCUT2D eigenvalue weighted by Gasteiger charge is 2.19. The zero-order valence-electron chi connectivity index (χ0n) is 14.6. The average molecular weight is 344 g/mol. The third-order valence-electron chi connectivity index (χ3n) is 4.08. The number of ether oxygens (including phenoxy) is 1. The SMILES string of the molecule is COc1ccc(NC(=O)C(=O)NC(C)c2cccc(C)c2C)cc1F. The van der Waals surface area contributed by atoms with E-state index < -0.39 is 17.6 Å². The first kappa shape index (κ1) is 18.4. The van der Waals surface area contributed by atoms with Crippen LogP contribution >= 0.6 is 0 Å². The molecule has 2 N–H and O–H groups in total. The summed E-state index contributed by atoms with van der Waals surface area (Å²) in [7, 11) is 1.35. The van der Waals surface area contributed by atoms with Gasteiger partial charge in [-0.05, 0) is 49.6 Å². The number of carbonyl (C=O) groups is 2.